The van der Waals surface area contributed by atoms with Crippen molar-refractivity contribution in [2.24, 2.45) is 0 Å². The third-order valence-corrected chi connectivity index (χ3v) is 4.48. The van der Waals surface area contributed by atoms with Gasteiger partial charge in [0.1, 0.15) is 23.7 Å². The summed E-state index contributed by atoms with van der Waals surface area (Å²) in [6, 6.07) is 13.6. The summed E-state index contributed by atoms with van der Waals surface area (Å²) in [6.07, 6.45) is -6.58. The first-order valence-electron chi connectivity index (χ1n) is 8.86. The van der Waals surface area contributed by atoms with Crippen LogP contribution >= 0.6 is 12.2 Å². The second kappa shape index (κ2) is 9.78. The van der Waals surface area contributed by atoms with Gasteiger partial charge in [-0.25, -0.2) is 0 Å². The molecule has 11 heteroatoms. The number of rotatable bonds is 6. The molecule has 0 bridgehead atoms. The summed E-state index contributed by atoms with van der Waals surface area (Å²) < 4.78 is 21.7. The Morgan fingerprint density at radius 1 is 1.07 bits per heavy atom. The number of hydrogen-bond acceptors (Lipinski definition) is 10. The van der Waals surface area contributed by atoms with E-state index in [4.69, 9.17) is 31.2 Å². The SMILES string of the molecule is O=[N+]([O-])c1ccc(OC(=S)O[C@@H]2[C@H](O)[C@@H](Oc3ccccc3)O[C@H](CO)[C@H]2O)cc1. The lowest BCUT2D eigenvalue weighted by atomic mass is 9.99. The van der Waals surface area contributed by atoms with Crippen LogP contribution in [0, 0.1) is 10.1 Å². The van der Waals surface area contributed by atoms with Gasteiger partial charge in [-0.3, -0.25) is 10.1 Å². The number of hydrogen-bond donors (Lipinski definition) is 3. The van der Waals surface area contributed by atoms with Crippen molar-refractivity contribution < 1.29 is 39.2 Å². The fourth-order valence-electron chi connectivity index (χ4n) is 2.79. The first-order valence-corrected chi connectivity index (χ1v) is 9.27. The molecule has 0 aromatic heterocycles. The lowest BCUT2D eigenvalue weighted by Crippen LogP contribution is -2.61. The van der Waals surface area contributed by atoms with Crippen LogP contribution < -0.4 is 9.47 Å². The van der Waals surface area contributed by atoms with E-state index < -0.39 is 47.5 Å². The average molecular weight is 437 g/mol. The number of nitro benzene ring substituents is 1. The number of benzene rings is 2. The number of nitro groups is 1. The first-order chi connectivity index (χ1) is 14.4. The van der Waals surface area contributed by atoms with Crippen LogP contribution in [-0.4, -0.2) is 62.8 Å². The fourth-order valence-corrected chi connectivity index (χ4v) is 3.00. The minimum absolute atomic E-state index is 0.129. The Hall–Kier alpha value is -2.83. The number of thiocarbonyl (C=S) groups is 1. The van der Waals surface area contributed by atoms with Gasteiger partial charge in [0.15, 0.2) is 12.2 Å². The van der Waals surface area contributed by atoms with Crippen LogP contribution in [0.5, 0.6) is 11.5 Å². The summed E-state index contributed by atoms with van der Waals surface area (Å²) in [5.41, 5.74) is -0.129. The zero-order valence-corrected chi connectivity index (χ0v) is 16.3. The second-order valence-electron chi connectivity index (χ2n) is 6.32. The third-order valence-electron chi connectivity index (χ3n) is 4.30. The molecule has 0 aliphatic carbocycles. The fraction of sp³-hybridized carbons (Fsp3) is 0.316. The van der Waals surface area contributed by atoms with Crippen molar-refractivity contribution in [3.8, 4) is 11.5 Å². The van der Waals surface area contributed by atoms with E-state index in [1.54, 1.807) is 30.3 Å². The molecule has 30 heavy (non-hydrogen) atoms. The highest BCUT2D eigenvalue weighted by atomic mass is 32.1. The molecule has 3 rings (SSSR count). The quantitative estimate of drug-likeness (QED) is 0.342. The van der Waals surface area contributed by atoms with Gasteiger partial charge < -0.3 is 34.3 Å². The van der Waals surface area contributed by atoms with Crippen LogP contribution in [-0.2, 0) is 9.47 Å². The van der Waals surface area contributed by atoms with Gasteiger partial charge >= 0.3 is 5.24 Å². The number of aliphatic hydroxyl groups excluding tert-OH is 3. The summed E-state index contributed by atoms with van der Waals surface area (Å²) in [7, 11) is 0. The van der Waals surface area contributed by atoms with E-state index >= 15 is 0 Å². The van der Waals surface area contributed by atoms with E-state index in [-0.39, 0.29) is 11.4 Å². The van der Waals surface area contributed by atoms with Gasteiger partial charge in [0.05, 0.1) is 11.5 Å². The maximum absolute atomic E-state index is 10.7. The molecule has 0 spiro atoms. The molecule has 1 saturated heterocycles. The second-order valence-corrected chi connectivity index (χ2v) is 6.66. The van der Waals surface area contributed by atoms with Crippen LogP contribution in [0.2, 0.25) is 0 Å². The van der Waals surface area contributed by atoms with Crippen molar-refractivity contribution in [3.63, 3.8) is 0 Å². The molecule has 3 N–H and O–H groups in total. The first kappa shape index (κ1) is 21.9. The Labute approximate surface area is 176 Å². The molecular weight excluding hydrogens is 418 g/mol. The molecule has 5 atom stereocenters. The van der Waals surface area contributed by atoms with Crippen LogP contribution in [0.1, 0.15) is 0 Å². The van der Waals surface area contributed by atoms with Crippen LogP contribution in [0.3, 0.4) is 0 Å². The van der Waals surface area contributed by atoms with Gasteiger partial charge in [-0.1, -0.05) is 18.2 Å². The van der Waals surface area contributed by atoms with E-state index in [2.05, 4.69) is 0 Å². The molecule has 0 radical (unpaired) electrons. The van der Waals surface area contributed by atoms with Crippen LogP contribution in [0.25, 0.3) is 0 Å². The molecule has 1 heterocycles. The van der Waals surface area contributed by atoms with Crippen molar-refractivity contribution in [1.82, 2.24) is 0 Å². The summed E-state index contributed by atoms with van der Waals surface area (Å²) in [5, 5.41) is 40.7. The normalized spacial score (nSPS) is 25.9. The van der Waals surface area contributed by atoms with E-state index in [0.29, 0.717) is 5.75 Å². The van der Waals surface area contributed by atoms with Gasteiger partial charge in [-0.05, 0) is 24.3 Å². The van der Waals surface area contributed by atoms with Gasteiger partial charge in [-0.15, -0.1) is 0 Å². The molecule has 10 nitrogen and oxygen atoms in total. The molecule has 0 amide bonds. The van der Waals surface area contributed by atoms with Gasteiger partial charge in [0.25, 0.3) is 5.69 Å². The Kier molecular flexibility index (Phi) is 7.13. The number of ether oxygens (including phenoxy) is 4. The van der Waals surface area contributed by atoms with Crippen molar-refractivity contribution in [2.45, 2.75) is 30.7 Å². The Bertz CT molecular complexity index is 864. The molecule has 1 aliphatic rings. The number of aliphatic hydroxyl groups is 3. The summed E-state index contributed by atoms with van der Waals surface area (Å²) in [5.74, 6) is 0.565. The Morgan fingerprint density at radius 2 is 1.73 bits per heavy atom. The molecule has 160 valence electrons. The van der Waals surface area contributed by atoms with Crippen LogP contribution in [0.15, 0.2) is 54.6 Å². The number of para-hydroxylation sites is 1. The Balaban J connectivity index is 1.68. The number of nitrogens with zero attached hydrogens (tertiary/aromatic N) is 1. The lowest BCUT2D eigenvalue weighted by molar-refractivity contribution is -0.384. The largest absolute Gasteiger partial charge is 0.462 e. The van der Waals surface area contributed by atoms with E-state index in [1.807, 2.05) is 0 Å². The highest BCUT2D eigenvalue weighted by Crippen LogP contribution is 2.27. The standard InChI is InChI=1S/C19H19NO9S/c21-10-14-15(22)17(16(23)18(28-14)26-12-4-2-1-3-5-12)29-19(30)27-13-8-6-11(7-9-13)20(24)25/h1-9,14-18,21-23H,10H2/t14-,15-,16+,17+,18+/m1/s1. The van der Waals surface area contributed by atoms with Crippen molar-refractivity contribution in [3.05, 3.63) is 64.7 Å². The van der Waals surface area contributed by atoms with Gasteiger partial charge in [0.2, 0.25) is 6.29 Å². The van der Waals surface area contributed by atoms with Gasteiger partial charge in [-0.2, -0.15) is 0 Å². The minimum atomic E-state index is -1.47. The number of non-ortho nitro benzene ring substituents is 1. The molecule has 0 unspecified atom stereocenters. The van der Waals surface area contributed by atoms with E-state index in [1.165, 1.54) is 24.3 Å². The predicted octanol–water partition coefficient (Wildman–Crippen LogP) is 1.16. The van der Waals surface area contributed by atoms with Crippen molar-refractivity contribution in [1.29, 1.82) is 0 Å². The smallest absolute Gasteiger partial charge is 0.358 e. The molecule has 1 fully saturated rings. The summed E-state index contributed by atoms with van der Waals surface area (Å²) in [6.45, 7) is -0.557. The monoisotopic (exact) mass is 437 g/mol. The zero-order chi connectivity index (χ0) is 21.7. The van der Waals surface area contributed by atoms with E-state index in [9.17, 15) is 25.4 Å². The summed E-state index contributed by atoms with van der Waals surface area (Å²) in [4.78, 5) is 10.1. The van der Waals surface area contributed by atoms with Crippen molar-refractivity contribution in [2.75, 3.05) is 6.61 Å². The average Bonchev–Trinajstić information content (AvgIpc) is 2.74. The molecular formula is C19H19NO9S. The highest BCUT2D eigenvalue weighted by molar-refractivity contribution is 7.79. The molecule has 0 saturated carbocycles. The summed E-state index contributed by atoms with van der Waals surface area (Å²) >= 11 is 5.01. The third kappa shape index (κ3) is 5.20. The molecule has 1 aliphatic heterocycles. The molecule has 2 aromatic rings. The Morgan fingerprint density at radius 3 is 2.33 bits per heavy atom. The topological polar surface area (TPSA) is 141 Å². The van der Waals surface area contributed by atoms with Gasteiger partial charge in [0, 0.05) is 24.4 Å². The zero-order valence-electron chi connectivity index (χ0n) is 15.4. The molecule has 2 aromatic carbocycles. The highest BCUT2D eigenvalue weighted by Gasteiger charge is 2.47. The van der Waals surface area contributed by atoms with Crippen molar-refractivity contribution >= 4 is 23.1 Å². The lowest BCUT2D eigenvalue weighted by Gasteiger charge is -2.41. The minimum Gasteiger partial charge on any atom is -0.462 e. The predicted molar refractivity (Wildman–Crippen MR) is 106 cm³/mol. The van der Waals surface area contributed by atoms with Crippen LogP contribution in [0.4, 0.5) is 5.69 Å². The maximum Gasteiger partial charge on any atom is 0.358 e. The maximum atomic E-state index is 10.7. The van der Waals surface area contributed by atoms with E-state index in [0.717, 1.165) is 0 Å².